The van der Waals surface area contributed by atoms with Crippen molar-refractivity contribution < 1.29 is 14.6 Å². The minimum Gasteiger partial charge on any atom is -0.486 e. The smallest absolute Gasteiger partial charge is 0.289 e. The topological polar surface area (TPSA) is 114 Å². The first-order valence-electron chi connectivity index (χ1n) is 10.6. The van der Waals surface area contributed by atoms with Crippen LogP contribution in [0, 0.1) is 0 Å². The van der Waals surface area contributed by atoms with Gasteiger partial charge in [-0.15, -0.1) is 0 Å². The van der Waals surface area contributed by atoms with Gasteiger partial charge in [-0.1, -0.05) is 17.7 Å². The van der Waals surface area contributed by atoms with Gasteiger partial charge in [0.05, 0.1) is 22.8 Å². The van der Waals surface area contributed by atoms with Crippen LogP contribution in [-0.2, 0) is 11.3 Å². The monoisotopic (exact) mass is 476 g/mol. The van der Waals surface area contributed by atoms with Crippen molar-refractivity contribution in [2.75, 3.05) is 23.8 Å². The molecule has 0 saturated heterocycles. The van der Waals surface area contributed by atoms with Gasteiger partial charge in [0, 0.05) is 23.0 Å². The number of halogens is 1. The summed E-state index contributed by atoms with van der Waals surface area (Å²) in [5.74, 6) is 1.19. The molecule has 34 heavy (non-hydrogen) atoms. The molecule has 0 fully saturated rings. The zero-order valence-electron chi connectivity index (χ0n) is 18.0. The molecule has 1 aliphatic rings. The van der Waals surface area contributed by atoms with Crippen molar-refractivity contribution in [2.45, 2.75) is 12.6 Å². The van der Waals surface area contributed by atoms with Crippen molar-refractivity contribution in [3.05, 3.63) is 77.8 Å². The van der Waals surface area contributed by atoms with Crippen LogP contribution in [0.4, 0.5) is 17.2 Å². The van der Waals surface area contributed by atoms with E-state index in [9.17, 15) is 5.11 Å². The Balaban J connectivity index is 1.33. The summed E-state index contributed by atoms with van der Waals surface area (Å²) in [6.45, 7) is 0.624. The van der Waals surface area contributed by atoms with Crippen LogP contribution in [0.25, 0.3) is 10.9 Å². The summed E-state index contributed by atoms with van der Waals surface area (Å²) in [7, 11) is 0. The lowest BCUT2D eigenvalue weighted by Crippen LogP contribution is -2.12. The number of ether oxygens (including phenoxy) is 2. The maximum Gasteiger partial charge on any atom is 0.289 e. The van der Waals surface area contributed by atoms with E-state index in [2.05, 4.69) is 30.6 Å². The quantitative estimate of drug-likeness (QED) is 0.364. The number of rotatable bonds is 7. The second-order valence-electron chi connectivity index (χ2n) is 7.54. The Kier molecular flexibility index (Phi) is 6.37. The third-order valence-corrected chi connectivity index (χ3v) is 5.40. The SMILES string of the molecule is OC[C@@H]1COC(Nc2ccc3ncnc(Nc4ccc(OCc5ccccn5)c(Cl)c4)c3c2)=N1. The molecule has 0 spiro atoms. The normalized spacial score (nSPS) is 15.0. The average Bonchev–Trinajstić information content (AvgIpc) is 3.32. The number of aliphatic hydroxyl groups is 1. The summed E-state index contributed by atoms with van der Waals surface area (Å²) >= 11 is 6.45. The van der Waals surface area contributed by atoms with Gasteiger partial charge in [-0.25, -0.2) is 15.0 Å². The summed E-state index contributed by atoms with van der Waals surface area (Å²) in [6, 6.07) is 16.9. The van der Waals surface area contributed by atoms with E-state index in [1.165, 1.54) is 6.33 Å². The molecule has 2 aromatic carbocycles. The van der Waals surface area contributed by atoms with Crippen LogP contribution in [-0.4, -0.2) is 45.3 Å². The Bertz CT molecular complexity index is 1340. The van der Waals surface area contributed by atoms with Crippen LogP contribution < -0.4 is 15.4 Å². The Morgan fingerprint density at radius 2 is 1.91 bits per heavy atom. The lowest BCUT2D eigenvalue weighted by molar-refractivity contribution is 0.227. The molecule has 3 heterocycles. The number of anilines is 3. The number of aromatic nitrogens is 3. The molecule has 0 saturated carbocycles. The predicted octanol–water partition coefficient (Wildman–Crippen LogP) is 4.16. The number of aliphatic imine (C=N–C) groups is 1. The second-order valence-corrected chi connectivity index (χ2v) is 7.95. The largest absolute Gasteiger partial charge is 0.486 e. The molecule has 2 aromatic heterocycles. The Labute approximate surface area is 200 Å². The van der Waals surface area contributed by atoms with Crippen LogP contribution in [0.1, 0.15) is 5.69 Å². The predicted molar refractivity (Wildman–Crippen MR) is 131 cm³/mol. The van der Waals surface area contributed by atoms with E-state index >= 15 is 0 Å². The van der Waals surface area contributed by atoms with Crippen molar-refractivity contribution >= 4 is 45.7 Å². The molecule has 172 valence electrons. The number of nitrogens with zero attached hydrogens (tertiary/aromatic N) is 4. The first kappa shape index (κ1) is 21.9. The van der Waals surface area contributed by atoms with Gasteiger partial charge in [0.1, 0.15) is 37.2 Å². The van der Waals surface area contributed by atoms with Gasteiger partial charge < -0.3 is 25.2 Å². The molecular weight excluding hydrogens is 456 g/mol. The summed E-state index contributed by atoms with van der Waals surface area (Å²) in [5.41, 5.74) is 3.10. The standard InChI is InChI=1S/C24H21ClN6O3/c25-20-10-16(5-7-22(20)33-12-17-3-1-2-8-26-17)29-23-19-9-15(4-6-21(19)27-14-28-23)30-24-31-18(11-32)13-34-24/h1-10,14,18,32H,11-13H2,(H,30,31)(H,27,28,29)/t18-/m1/s1. The highest BCUT2D eigenvalue weighted by Gasteiger charge is 2.18. The number of pyridine rings is 1. The van der Waals surface area contributed by atoms with Gasteiger partial charge in [-0.05, 0) is 48.5 Å². The fourth-order valence-corrected chi connectivity index (χ4v) is 3.64. The second kappa shape index (κ2) is 9.90. The Morgan fingerprint density at radius 1 is 1.03 bits per heavy atom. The number of hydrogen-bond donors (Lipinski definition) is 3. The maximum absolute atomic E-state index is 9.23. The molecule has 0 amide bonds. The fourth-order valence-electron chi connectivity index (χ4n) is 3.40. The van der Waals surface area contributed by atoms with Gasteiger partial charge in [0.2, 0.25) is 0 Å². The van der Waals surface area contributed by atoms with Crippen molar-refractivity contribution in [2.24, 2.45) is 4.99 Å². The lowest BCUT2D eigenvalue weighted by atomic mass is 10.2. The molecule has 3 N–H and O–H groups in total. The van der Waals surface area contributed by atoms with E-state index in [4.69, 9.17) is 21.1 Å². The van der Waals surface area contributed by atoms with Crippen molar-refractivity contribution in [1.82, 2.24) is 15.0 Å². The number of benzene rings is 2. The van der Waals surface area contributed by atoms with Gasteiger partial charge in [-0.3, -0.25) is 4.98 Å². The maximum atomic E-state index is 9.23. The lowest BCUT2D eigenvalue weighted by Gasteiger charge is -2.12. The number of aliphatic hydroxyl groups excluding tert-OH is 1. The van der Waals surface area contributed by atoms with E-state index in [1.54, 1.807) is 18.3 Å². The summed E-state index contributed by atoms with van der Waals surface area (Å²) in [6.07, 6.45) is 3.22. The van der Waals surface area contributed by atoms with Gasteiger partial charge >= 0.3 is 0 Å². The molecule has 0 aliphatic carbocycles. The molecule has 0 unspecified atom stereocenters. The summed E-state index contributed by atoms with van der Waals surface area (Å²) in [4.78, 5) is 17.3. The fraction of sp³-hybridized carbons (Fsp3) is 0.167. The van der Waals surface area contributed by atoms with E-state index < -0.39 is 0 Å². The minimum atomic E-state index is -0.246. The number of fused-ring (bicyclic) bond motifs is 1. The number of hydrogen-bond acceptors (Lipinski definition) is 9. The van der Waals surface area contributed by atoms with E-state index in [0.717, 1.165) is 28.0 Å². The summed E-state index contributed by atoms with van der Waals surface area (Å²) < 4.78 is 11.3. The highest BCUT2D eigenvalue weighted by Crippen LogP contribution is 2.31. The van der Waals surface area contributed by atoms with Gasteiger partial charge in [0.25, 0.3) is 6.02 Å². The Hall–Kier alpha value is -3.95. The molecule has 0 radical (unpaired) electrons. The van der Waals surface area contributed by atoms with Crippen LogP contribution in [0.15, 0.2) is 72.1 Å². The van der Waals surface area contributed by atoms with Crippen LogP contribution in [0.3, 0.4) is 0 Å². The van der Waals surface area contributed by atoms with Crippen LogP contribution in [0.2, 0.25) is 5.02 Å². The van der Waals surface area contributed by atoms with Gasteiger partial charge in [0.15, 0.2) is 0 Å². The van der Waals surface area contributed by atoms with Crippen LogP contribution >= 0.6 is 11.6 Å². The minimum absolute atomic E-state index is 0.0552. The van der Waals surface area contributed by atoms with Crippen LogP contribution in [0.5, 0.6) is 5.75 Å². The average molecular weight is 477 g/mol. The molecular formula is C24H21ClN6O3. The third-order valence-electron chi connectivity index (χ3n) is 5.11. The molecule has 5 rings (SSSR count). The highest BCUT2D eigenvalue weighted by atomic mass is 35.5. The molecule has 4 aromatic rings. The van der Waals surface area contributed by atoms with Crippen molar-refractivity contribution in [1.29, 1.82) is 0 Å². The van der Waals surface area contributed by atoms with E-state index in [1.807, 2.05) is 42.5 Å². The van der Waals surface area contributed by atoms with E-state index in [-0.39, 0.29) is 12.6 Å². The molecule has 10 heteroatoms. The first-order valence-corrected chi connectivity index (χ1v) is 11.0. The molecule has 1 aliphatic heterocycles. The highest BCUT2D eigenvalue weighted by molar-refractivity contribution is 6.32. The third kappa shape index (κ3) is 5.00. The molecule has 9 nitrogen and oxygen atoms in total. The Morgan fingerprint density at radius 3 is 2.71 bits per heavy atom. The zero-order valence-corrected chi connectivity index (χ0v) is 18.7. The molecule has 0 bridgehead atoms. The number of nitrogens with one attached hydrogen (secondary N) is 2. The molecule has 1 atom stereocenters. The van der Waals surface area contributed by atoms with Gasteiger partial charge in [-0.2, -0.15) is 0 Å². The zero-order chi connectivity index (χ0) is 23.3. The first-order chi connectivity index (χ1) is 16.7. The number of amidine groups is 1. The summed E-state index contributed by atoms with van der Waals surface area (Å²) in [5, 5.41) is 16.9. The van der Waals surface area contributed by atoms with Crippen molar-refractivity contribution in [3.63, 3.8) is 0 Å². The van der Waals surface area contributed by atoms with Crippen molar-refractivity contribution in [3.8, 4) is 5.75 Å². The van der Waals surface area contributed by atoms with E-state index in [0.29, 0.717) is 35.8 Å².